The largest absolute Gasteiger partial charge is 0.459 e. The highest BCUT2D eigenvalue weighted by Gasteiger charge is 2.15. The Morgan fingerprint density at radius 1 is 0.962 bits per heavy atom. The predicted molar refractivity (Wildman–Crippen MR) is 100 cm³/mol. The smallest absolute Gasteiger partial charge is 0.291 e. The minimum absolute atomic E-state index is 0.0982. The molecule has 0 aliphatic carbocycles. The second kappa shape index (κ2) is 7.78. The van der Waals surface area contributed by atoms with Crippen molar-refractivity contribution in [1.82, 2.24) is 4.98 Å². The van der Waals surface area contributed by atoms with Gasteiger partial charge < -0.3 is 15.1 Å². The van der Waals surface area contributed by atoms with Gasteiger partial charge in [-0.05, 0) is 36.4 Å². The van der Waals surface area contributed by atoms with Gasteiger partial charge in [0, 0.05) is 11.2 Å². The molecular weight excluding hydrogens is 401 g/mol. The fraction of sp³-hybridized carbons (Fsp3) is 0. The molecule has 0 radical (unpaired) electrons. The molecule has 0 atom stereocenters. The predicted octanol–water partition coefficient (Wildman–Crippen LogP) is 5.14. The lowest BCUT2D eigenvalue weighted by Crippen LogP contribution is -2.16. The number of anilines is 2. The van der Waals surface area contributed by atoms with E-state index in [1.807, 2.05) is 0 Å². The van der Waals surface area contributed by atoms with Crippen molar-refractivity contribution in [3.8, 4) is 0 Å². The number of carbonyl (C=O) groups is 2. The zero-order valence-corrected chi connectivity index (χ0v) is 15.2. The van der Waals surface area contributed by atoms with Crippen LogP contribution in [0, 0.1) is 0 Å². The van der Waals surface area contributed by atoms with Gasteiger partial charge in [0.15, 0.2) is 5.76 Å². The summed E-state index contributed by atoms with van der Waals surface area (Å²) in [6.45, 7) is 0. The number of pyridine rings is 1. The molecule has 0 unspecified atom stereocenters. The molecule has 26 heavy (non-hydrogen) atoms. The highest BCUT2D eigenvalue weighted by Crippen LogP contribution is 2.27. The van der Waals surface area contributed by atoms with Crippen LogP contribution in [0.4, 0.5) is 11.4 Å². The fourth-order valence-electron chi connectivity index (χ4n) is 2.06. The van der Waals surface area contributed by atoms with Crippen molar-refractivity contribution in [2.75, 3.05) is 10.6 Å². The number of nitrogens with zero attached hydrogens (tertiary/aromatic N) is 1. The first-order chi connectivity index (χ1) is 12.4. The zero-order valence-electron chi connectivity index (χ0n) is 12.9. The summed E-state index contributed by atoms with van der Waals surface area (Å²) >= 11 is 17.6. The third kappa shape index (κ3) is 4.16. The average molecular weight is 411 g/mol. The number of aromatic nitrogens is 1. The Kier molecular flexibility index (Phi) is 5.46. The van der Waals surface area contributed by atoms with E-state index in [-0.39, 0.29) is 21.5 Å². The molecular formula is C17H10Cl3N3O3. The number of hydrogen-bond acceptors (Lipinski definition) is 4. The first-order valence-corrected chi connectivity index (χ1v) is 8.34. The molecule has 3 aromatic rings. The van der Waals surface area contributed by atoms with Gasteiger partial charge in [-0.3, -0.25) is 9.59 Å². The Balaban J connectivity index is 1.84. The highest BCUT2D eigenvalue weighted by molar-refractivity contribution is 6.41. The molecule has 2 heterocycles. The second-order valence-corrected chi connectivity index (χ2v) is 6.27. The number of carbonyl (C=O) groups excluding carboxylic acids is 2. The SMILES string of the molecule is O=C(Nc1ccc(Cl)cc1NC(=O)c1ccco1)c1cnc(Cl)c(Cl)c1. The minimum Gasteiger partial charge on any atom is -0.459 e. The number of hydrogen-bond donors (Lipinski definition) is 2. The number of halogens is 3. The average Bonchev–Trinajstić information content (AvgIpc) is 3.14. The molecule has 0 spiro atoms. The fourth-order valence-corrected chi connectivity index (χ4v) is 2.50. The molecule has 1 aromatic carbocycles. The van der Waals surface area contributed by atoms with E-state index in [1.165, 1.54) is 30.7 Å². The molecule has 9 heteroatoms. The number of amides is 2. The van der Waals surface area contributed by atoms with Crippen molar-refractivity contribution in [1.29, 1.82) is 0 Å². The maximum atomic E-state index is 12.4. The molecule has 0 saturated carbocycles. The molecule has 3 rings (SSSR count). The molecule has 6 nitrogen and oxygen atoms in total. The third-order valence-corrected chi connectivity index (χ3v) is 4.20. The summed E-state index contributed by atoms with van der Waals surface area (Å²) in [5, 5.41) is 5.94. The van der Waals surface area contributed by atoms with Crippen LogP contribution >= 0.6 is 34.8 Å². The van der Waals surface area contributed by atoms with Gasteiger partial charge in [0.05, 0.1) is 28.2 Å². The van der Waals surface area contributed by atoms with Crippen LogP contribution in [0.3, 0.4) is 0 Å². The quantitative estimate of drug-likeness (QED) is 0.583. The summed E-state index contributed by atoms with van der Waals surface area (Å²) in [4.78, 5) is 28.4. The molecule has 0 bridgehead atoms. The minimum atomic E-state index is -0.482. The van der Waals surface area contributed by atoms with Crippen LogP contribution in [-0.2, 0) is 0 Å². The maximum Gasteiger partial charge on any atom is 0.291 e. The first-order valence-electron chi connectivity index (χ1n) is 7.21. The van der Waals surface area contributed by atoms with E-state index >= 15 is 0 Å². The van der Waals surface area contributed by atoms with Gasteiger partial charge in [-0.1, -0.05) is 34.8 Å². The lowest BCUT2D eigenvalue weighted by Gasteiger charge is -2.12. The van der Waals surface area contributed by atoms with Crippen LogP contribution < -0.4 is 10.6 Å². The Morgan fingerprint density at radius 3 is 2.42 bits per heavy atom. The van der Waals surface area contributed by atoms with Crippen molar-refractivity contribution in [2.45, 2.75) is 0 Å². The van der Waals surface area contributed by atoms with Crippen molar-refractivity contribution in [2.24, 2.45) is 0 Å². The molecule has 0 aliphatic heterocycles. The Hall–Kier alpha value is -2.54. The van der Waals surface area contributed by atoms with Gasteiger partial charge in [-0.25, -0.2) is 4.98 Å². The van der Waals surface area contributed by atoms with Crippen LogP contribution in [0.25, 0.3) is 0 Å². The summed E-state index contributed by atoms with van der Waals surface area (Å²) < 4.78 is 5.04. The van der Waals surface area contributed by atoms with E-state index in [2.05, 4.69) is 15.6 Å². The molecule has 0 fully saturated rings. The Morgan fingerprint density at radius 2 is 1.73 bits per heavy atom. The lowest BCUT2D eigenvalue weighted by molar-refractivity contribution is 0.0993. The van der Waals surface area contributed by atoms with Gasteiger partial charge in [-0.15, -0.1) is 0 Å². The Labute approximate surface area is 163 Å². The number of benzene rings is 1. The second-order valence-electron chi connectivity index (χ2n) is 5.07. The van der Waals surface area contributed by atoms with Crippen LogP contribution in [0.1, 0.15) is 20.9 Å². The third-order valence-electron chi connectivity index (χ3n) is 3.28. The molecule has 132 valence electrons. The van der Waals surface area contributed by atoms with Crippen LogP contribution in [0.15, 0.2) is 53.3 Å². The monoisotopic (exact) mass is 409 g/mol. The van der Waals surface area contributed by atoms with Crippen LogP contribution in [-0.4, -0.2) is 16.8 Å². The number of nitrogens with one attached hydrogen (secondary N) is 2. The van der Waals surface area contributed by atoms with E-state index in [9.17, 15) is 9.59 Å². The van der Waals surface area contributed by atoms with Gasteiger partial charge in [0.25, 0.3) is 11.8 Å². The summed E-state index contributed by atoms with van der Waals surface area (Å²) in [5.74, 6) is -0.841. The molecule has 0 aliphatic rings. The molecule has 2 N–H and O–H groups in total. The topological polar surface area (TPSA) is 84.2 Å². The first kappa shape index (κ1) is 18.3. The van der Waals surface area contributed by atoms with Gasteiger partial charge in [0.2, 0.25) is 0 Å². The van der Waals surface area contributed by atoms with E-state index in [0.717, 1.165) is 0 Å². The van der Waals surface area contributed by atoms with E-state index in [4.69, 9.17) is 39.2 Å². The van der Waals surface area contributed by atoms with Crippen molar-refractivity contribution in [3.05, 3.63) is 75.4 Å². The molecule has 2 aromatic heterocycles. The summed E-state index contributed by atoms with van der Waals surface area (Å²) in [7, 11) is 0. The maximum absolute atomic E-state index is 12.4. The standard InChI is InChI=1S/C17H10Cl3N3O3/c18-10-3-4-12(13(7-10)23-17(25)14-2-1-5-26-14)22-16(24)9-6-11(19)15(20)21-8-9/h1-8H,(H,22,24)(H,23,25). The molecule has 2 amide bonds. The van der Waals surface area contributed by atoms with Crippen LogP contribution in [0.5, 0.6) is 0 Å². The summed E-state index contributed by atoms with van der Waals surface area (Å²) in [6, 6.07) is 9.14. The summed E-state index contributed by atoms with van der Waals surface area (Å²) in [5.41, 5.74) is 0.850. The zero-order chi connectivity index (χ0) is 18.7. The number of furan rings is 1. The van der Waals surface area contributed by atoms with Crippen molar-refractivity contribution >= 4 is 58.0 Å². The van der Waals surface area contributed by atoms with Gasteiger partial charge in [0.1, 0.15) is 5.15 Å². The van der Waals surface area contributed by atoms with Crippen LogP contribution in [0.2, 0.25) is 15.2 Å². The van der Waals surface area contributed by atoms with E-state index in [1.54, 1.807) is 18.2 Å². The van der Waals surface area contributed by atoms with Crippen molar-refractivity contribution < 1.29 is 14.0 Å². The Bertz CT molecular complexity index is 975. The summed E-state index contributed by atoms with van der Waals surface area (Å²) in [6.07, 6.45) is 2.67. The number of rotatable bonds is 4. The van der Waals surface area contributed by atoms with Gasteiger partial charge in [-0.2, -0.15) is 0 Å². The molecule has 0 saturated heterocycles. The normalized spacial score (nSPS) is 10.4. The van der Waals surface area contributed by atoms with E-state index in [0.29, 0.717) is 16.4 Å². The van der Waals surface area contributed by atoms with Crippen molar-refractivity contribution in [3.63, 3.8) is 0 Å². The lowest BCUT2D eigenvalue weighted by atomic mass is 10.2. The van der Waals surface area contributed by atoms with E-state index < -0.39 is 11.8 Å². The highest BCUT2D eigenvalue weighted by atomic mass is 35.5. The van der Waals surface area contributed by atoms with Gasteiger partial charge >= 0.3 is 0 Å².